The number of carbonyl (C=O) groups excluding carboxylic acids is 2. The summed E-state index contributed by atoms with van der Waals surface area (Å²) in [6.45, 7) is 5.94. The Kier molecular flexibility index (Phi) is 27.0. The van der Waals surface area contributed by atoms with Crippen LogP contribution < -0.4 is 0 Å². The molecule has 0 aromatic rings. The van der Waals surface area contributed by atoms with Crippen LogP contribution >= 0.6 is 0 Å². The maximum Gasteiger partial charge on any atom is 0.306 e. The third-order valence-electron chi connectivity index (χ3n) is 6.92. The second-order valence-corrected chi connectivity index (χ2v) is 11.6. The van der Waals surface area contributed by atoms with Crippen molar-refractivity contribution < 1.29 is 39.5 Å². The average molecular weight is 609 g/mol. The molecule has 0 rings (SSSR count). The van der Waals surface area contributed by atoms with Crippen LogP contribution in [0.1, 0.15) is 117 Å². The van der Waals surface area contributed by atoms with Crippen LogP contribution in [0, 0.1) is 5.92 Å². The molecule has 0 radical (unpaired) electrons. The number of aliphatic hydroxyl groups excluding tert-OH is 4. The van der Waals surface area contributed by atoms with Crippen LogP contribution in [0.15, 0.2) is 48.6 Å². The third-order valence-corrected chi connectivity index (χ3v) is 6.92. The summed E-state index contributed by atoms with van der Waals surface area (Å²) >= 11 is 0. The van der Waals surface area contributed by atoms with Crippen molar-refractivity contribution in [2.45, 2.75) is 141 Å². The van der Waals surface area contributed by atoms with Gasteiger partial charge in [0.05, 0.1) is 24.9 Å². The summed E-state index contributed by atoms with van der Waals surface area (Å²) in [5.74, 6) is -0.191. The first kappa shape index (κ1) is 40.7. The molecule has 0 unspecified atom stereocenters. The SMILES string of the molecule is CCCCC[C@@H](O)/C=C/C=C\C=C\C=C\[C@@H](O)[C@H](O)CCCC(=O)OC[C@H](CO)OC(=O)CCCCCCCCC(C)C. The van der Waals surface area contributed by atoms with E-state index in [9.17, 15) is 30.0 Å². The topological polar surface area (TPSA) is 134 Å². The molecule has 0 aliphatic carbocycles. The van der Waals surface area contributed by atoms with Crippen LogP contribution in [0.25, 0.3) is 0 Å². The summed E-state index contributed by atoms with van der Waals surface area (Å²) in [7, 11) is 0. The Bertz CT molecular complexity index is 802. The third kappa shape index (κ3) is 27.1. The minimum absolute atomic E-state index is 0.0300. The highest BCUT2D eigenvalue weighted by Crippen LogP contribution is 2.13. The number of hydrogen-bond acceptors (Lipinski definition) is 8. The van der Waals surface area contributed by atoms with Crippen molar-refractivity contribution >= 4 is 11.9 Å². The van der Waals surface area contributed by atoms with Gasteiger partial charge in [0, 0.05) is 12.8 Å². The second-order valence-electron chi connectivity index (χ2n) is 11.6. The van der Waals surface area contributed by atoms with Crippen LogP contribution in [-0.4, -0.2) is 70.0 Å². The molecule has 0 spiro atoms. The molecule has 0 aromatic heterocycles. The lowest BCUT2D eigenvalue weighted by molar-refractivity contribution is -0.161. The fourth-order valence-electron chi connectivity index (χ4n) is 4.24. The molecule has 248 valence electrons. The van der Waals surface area contributed by atoms with Crippen LogP contribution in [0.5, 0.6) is 0 Å². The van der Waals surface area contributed by atoms with Crippen molar-refractivity contribution in [3.8, 4) is 0 Å². The summed E-state index contributed by atoms with van der Waals surface area (Å²) in [6.07, 6.45) is 22.8. The van der Waals surface area contributed by atoms with Gasteiger partial charge in [0.25, 0.3) is 0 Å². The van der Waals surface area contributed by atoms with E-state index in [1.54, 1.807) is 36.5 Å². The quantitative estimate of drug-likeness (QED) is 0.0487. The maximum absolute atomic E-state index is 12.0. The molecule has 0 fully saturated rings. The van der Waals surface area contributed by atoms with Gasteiger partial charge in [-0.15, -0.1) is 0 Å². The number of ether oxygens (including phenoxy) is 2. The molecule has 8 heteroatoms. The number of esters is 2. The normalized spacial score (nSPS) is 15.2. The first-order valence-corrected chi connectivity index (χ1v) is 16.4. The van der Waals surface area contributed by atoms with E-state index in [0.29, 0.717) is 6.42 Å². The second kappa shape index (κ2) is 28.5. The van der Waals surface area contributed by atoms with Crippen molar-refractivity contribution in [2.24, 2.45) is 5.92 Å². The zero-order valence-electron chi connectivity index (χ0n) is 26.9. The highest BCUT2D eigenvalue weighted by Gasteiger charge is 2.17. The van der Waals surface area contributed by atoms with E-state index >= 15 is 0 Å². The smallest absolute Gasteiger partial charge is 0.306 e. The van der Waals surface area contributed by atoms with E-state index in [4.69, 9.17) is 9.47 Å². The lowest BCUT2D eigenvalue weighted by Gasteiger charge is -2.16. The van der Waals surface area contributed by atoms with Gasteiger partial charge in [-0.25, -0.2) is 0 Å². The van der Waals surface area contributed by atoms with Gasteiger partial charge in [0.2, 0.25) is 0 Å². The summed E-state index contributed by atoms with van der Waals surface area (Å²) in [5.41, 5.74) is 0. The molecule has 0 heterocycles. The van der Waals surface area contributed by atoms with Gasteiger partial charge >= 0.3 is 11.9 Å². The molecule has 0 bridgehead atoms. The lowest BCUT2D eigenvalue weighted by Crippen LogP contribution is -2.28. The molecule has 43 heavy (non-hydrogen) atoms. The van der Waals surface area contributed by atoms with Crippen LogP contribution in [-0.2, 0) is 19.1 Å². The Labute approximate surface area is 260 Å². The molecule has 8 nitrogen and oxygen atoms in total. The summed E-state index contributed by atoms with van der Waals surface area (Å²) in [4.78, 5) is 24.1. The summed E-state index contributed by atoms with van der Waals surface area (Å²) in [6, 6.07) is 0. The summed E-state index contributed by atoms with van der Waals surface area (Å²) < 4.78 is 10.3. The standard InChI is InChI=1S/C35H60O8/c1-4-5-14-21-30(37)22-16-11-7-8-12-17-23-32(38)33(39)24-19-26-34(40)42-28-31(27-36)43-35(41)25-18-13-9-6-10-15-20-29(2)3/h7-8,11-12,16-17,22-23,29-33,36-39H,4-6,9-10,13-15,18-21,24-28H2,1-3H3/b11-7-,12-8+,22-16+,23-17+/t30-,31+,32-,33-/m1/s1. The highest BCUT2D eigenvalue weighted by molar-refractivity contribution is 5.70. The average Bonchev–Trinajstić information content (AvgIpc) is 2.97. The molecule has 0 saturated heterocycles. The Morgan fingerprint density at radius 3 is 1.91 bits per heavy atom. The van der Waals surface area contributed by atoms with Crippen LogP contribution in [0.4, 0.5) is 0 Å². The number of carbonyl (C=O) groups is 2. The number of unbranched alkanes of at least 4 members (excludes halogenated alkanes) is 7. The van der Waals surface area contributed by atoms with E-state index in [-0.39, 0.29) is 25.9 Å². The van der Waals surface area contributed by atoms with Crippen molar-refractivity contribution in [3.63, 3.8) is 0 Å². The Hall–Kier alpha value is -2.26. The molecule has 0 aliphatic rings. The molecule has 0 aliphatic heterocycles. The first-order valence-electron chi connectivity index (χ1n) is 16.4. The molecule has 4 atom stereocenters. The Balaban J connectivity index is 4.05. The number of allylic oxidation sites excluding steroid dienone is 6. The van der Waals surface area contributed by atoms with E-state index in [1.807, 2.05) is 6.08 Å². The number of aliphatic hydroxyl groups is 4. The Morgan fingerprint density at radius 1 is 0.674 bits per heavy atom. The fourth-order valence-corrected chi connectivity index (χ4v) is 4.24. The zero-order valence-corrected chi connectivity index (χ0v) is 26.9. The van der Waals surface area contributed by atoms with Gasteiger partial charge in [0.1, 0.15) is 6.61 Å². The minimum atomic E-state index is -1.08. The molecule has 0 amide bonds. The van der Waals surface area contributed by atoms with E-state index in [1.165, 1.54) is 31.8 Å². The predicted molar refractivity (Wildman–Crippen MR) is 172 cm³/mol. The van der Waals surface area contributed by atoms with Crippen molar-refractivity contribution in [3.05, 3.63) is 48.6 Å². The van der Waals surface area contributed by atoms with Gasteiger partial charge in [-0.1, -0.05) is 127 Å². The van der Waals surface area contributed by atoms with Crippen molar-refractivity contribution in [2.75, 3.05) is 13.2 Å². The Morgan fingerprint density at radius 2 is 1.26 bits per heavy atom. The number of rotatable bonds is 27. The maximum atomic E-state index is 12.0. The van der Waals surface area contributed by atoms with Gasteiger partial charge < -0.3 is 29.9 Å². The highest BCUT2D eigenvalue weighted by atomic mass is 16.6. The lowest BCUT2D eigenvalue weighted by atomic mass is 10.0. The largest absolute Gasteiger partial charge is 0.462 e. The molecule has 0 aromatic carbocycles. The van der Waals surface area contributed by atoms with Gasteiger partial charge in [-0.05, 0) is 31.6 Å². The van der Waals surface area contributed by atoms with Crippen LogP contribution in [0.3, 0.4) is 0 Å². The predicted octanol–water partition coefficient (Wildman–Crippen LogP) is 6.27. The van der Waals surface area contributed by atoms with Gasteiger partial charge in [-0.3, -0.25) is 9.59 Å². The number of hydrogen-bond donors (Lipinski definition) is 4. The van der Waals surface area contributed by atoms with Crippen molar-refractivity contribution in [1.82, 2.24) is 0 Å². The van der Waals surface area contributed by atoms with E-state index < -0.39 is 43.0 Å². The van der Waals surface area contributed by atoms with Crippen LogP contribution in [0.2, 0.25) is 0 Å². The summed E-state index contributed by atoms with van der Waals surface area (Å²) in [5, 5.41) is 39.5. The van der Waals surface area contributed by atoms with Crippen molar-refractivity contribution in [1.29, 1.82) is 0 Å². The zero-order chi connectivity index (χ0) is 32.1. The van der Waals surface area contributed by atoms with Gasteiger partial charge in [0.15, 0.2) is 6.10 Å². The van der Waals surface area contributed by atoms with E-state index in [2.05, 4.69) is 20.8 Å². The molecular formula is C35H60O8. The molecular weight excluding hydrogens is 548 g/mol. The van der Waals surface area contributed by atoms with E-state index in [0.717, 1.165) is 50.9 Å². The minimum Gasteiger partial charge on any atom is -0.462 e. The fraction of sp³-hybridized carbons (Fsp3) is 0.714. The first-order chi connectivity index (χ1) is 20.7. The monoisotopic (exact) mass is 608 g/mol. The molecule has 0 saturated carbocycles. The molecule has 4 N–H and O–H groups in total. The van der Waals surface area contributed by atoms with Gasteiger partial charge in [-0.2, -0.15) is 0 Å².